The Hall–Kier alpha value is -0.820. The fourth-order valence-electron chi connectivity index (χ4n) is 2.15. The van der Waals surface area contributed by atoms with E-state index in [0.717, 1.165) is 6.42 Å². The lowest BCUT2D eigenvalue weighted by atomic mass is 9.88. The van der Waals surface area contributed by atoms with Crippen molar-refractivity contribution in [2.24, 2.45) is 5.92 Å². The Labute approximate surface area is 110 Å². The summed E-state index contributed by atoms with van der Waals surface area (Å²) in [5, 5.41) is 11.7. The lowest BCUT2D eigenvalue weighted by molar-refractivity contribution is -0.180. The highest BCUT2D eigenvalue weighted by Gasteiger charge is 2.44. The molecule has 1 aliphatic heterocycles. The SMILES string of the molecule is CCC(C)[C@H]1C[C@H](NC(=O)C(F)(F)F)[C@H](O)[C@H](C)O1. The predicted molar refractivity (Wildman–Crippen MR) is 62.4 cm³/mol. The summed E-state index contributed by atoms with van der Waals surface area (Å²) in [5.41, 5.74) is 0. The van der Waals surface area contributed by atoms with E-state index >= 15 is 0 Å². The molecule has 0 aromatic carbocycles. The van der Waals surface area contributed by atoms with Gasteiger partial charge in [-0.25, -0.2) is 0 Å². The maximum atomic E-state index is 12.2. The van der Waals surface area contributed by atoms with Crippen molar-refractivity contribution < 1.29 is 27.8 Å². The van der Waals surface area contributed by atoms with Crippen molar-refractivity contribution in [3.8, 4) is 0 Å². The Kier molecular flexibility index (Phi) is 5.20. The molecule has 1 aliphatic rings. The summed E-state index contributed by atoms with van der Waals surface area (Å²) >= 11 is 0. The number of alkyl halides is 3. The van der Waals surface area contributed by atoms with Crippen molar-refractivity contribution in [2.75, 3.05) is 0 Å². The smallest absolute Gasteiger partial charge is 0.388 e. The second-order valence-electron chi connectivity index (χ2n) is 5.07. The zero-order valence-corrected chi connectivity index (χ0v) is 11.2. The van der Waals surface area contributed by atoms with Crippen LogP contribution in [0.15, 0.2) is 0 Å². The number of carbonyl (C=O) groups is 1. The minimum atomic E-state index is -4.94. The van der Waals surface area contributed by atoms with Gasteiger partial charge in [0.2, 0.25) is 0 Å². The van der Waals surface area contributed by atoms with Crippen LogP contribution in [-0.2, 0) is 9.53 Å². The molecule has 0 bridgehead atoms. The van der Waals surface area contributed by atoms with Gasteiger partial charge in [-0.2, -0.15) is 13.2 Å². The summed E-state index contributed by atoms with van der Waals surface area (Å²) in [6.07, 6.45) is -5.94. The van der Waals surface area contributed by atoms with Crippen LogP contribution in [0, 0.1) is 5.92 Å². The summed E-state index contributed by atoms with van der Waals surface area (Å²) < 4.78 is 42.2. The van der Waals surface area contributed by atoms with Crippen molar-refractivity contribution in [3.63, 3.8) is 0 Å². The van der Waals surface area contributed by atoms with Gasteiger partial charge in [0.05, 0.1) is 18.2 Å². The molecule has 0 aromatic heterocycles. The Morgan fingerprint density at radius 1 is 1.53 bits per heavy atom. The van der Waals surface area contributed by atoms with Gasteiger partial charge in [0, 0.05) is 0 Å². The van der Waals surface area contributed by atoms with Crippen LogP contribution >= 0.6 is 0 Å². The quantitative estimate of drug-likeness (QED) is 0.827. The van der Waals surface area contributed by atoms with Gasteiger partial charge in [-0.05, 0) is 19.3 Å². The molecular formula is C12H20F3NO3. The van der Waals surface area contributed by atoms with Gasteiger partial charge >= 0.3 is 12.1 Å². The molecule has 1 amide bonds. The van der Waals surface area contributed by atoms with E-state index < -0.39 is 30.3 Å². The van der Waals surface area contributed by atoms with Crippen molar-refractivity contribution in [1.82, 2.24) is 5.32 Å². The highest BCUT2D eigenvalue weighted by molar-refractivity contribution is 5.82. The van der Waals surface area contributed by atoms with E-state index in [4.69, 9.17) is 4.74 Å². The Balaban J connectivity index is 2.72. The topological polar surface area (TPSA) is 58.6 Å². The first kappa shape index (κ1) is 16.2. The van der Waals surface area contributed by atoms with E-state index in [-0.39, 0.29) is 18.4 Å². The first-order chi connectivity index (χ1) is 8.66. The molecule has 1 fully saturated rings. The molecule has 0 aromatic rings. The van der Waals surface area contributed by atoms with Crippen molar-refractivity contribution >= 4 is 5.91 Å². The number of carbonyl (C=O) groups excluding carboxylic acids is 1. The van der Waals surface area contributed by atoms with Crippen LogP contribution in [0.5, 0.6) is 0 Å². The highest BCUT2D eigenvalue weighted by Crippen LogP contribution is 2.27. The van der Waals surface area contributed by atoms with E-state index in [9.17, 15) is 23.1 Å². The number of nitrogens with one attached hydrogen (secondary N) is 1. The van der Waals surface area contributed by atoms with Gasteiger partial charge < -0.3 is 15.2 Å². The summed E-state index contributed by atoms with van der Waals surface area (Å²) in [4.78, 5) is 10.9. The van der Waals surface area contributed by atoms with Gasteiger partial charge in [-0.1, -0.05) is 20.3 Å². The fourth-order valence-corrected chi connectivity index (χ4v) is 2.15. The molecule has 19 heavy (non-hydrogen) atoms. The van der Waals surface area contributed by atoms with Gasteiger partial charge in [0.15, 0.2) is 0 Å². The van der Waals surface area contributed by atoms with Crippen LogP contribution in [0.3, 0.4) is 0 Å². The monoisotopic (exact) mass is 283 g/mol. The largest absolute Gasteiger partial charge is 0.471 e. The maximum Gasteiger partial charge on any atom is 0.471 e. The third-order valence-electron chi connectivity index (χ3n) is 3.62. The molecule has 112 valence electrons. The maximum absolute atomic E-state index is 12.2. The van der Waals surface area contributed by atoms with E-state index in [0.29, 0.717) is 0 Å². The third kappa shape index (κ3) is 4.07. The summed E-state index contributed by atoms with van der Waals surface area (Å²) in [7, 11) is 0. The normalized spacial score (nSPS) is 33.8. The Morgan fingerprint density at radius 2 is 2.11 bits per heavy atom. The number of amides is 1. The molecule has 4 nitrogen and oxygen atoms in total. The molecule has 0 saturated carbocycles. The number of hydrogen-bond acceptors (Lipinski definition) is 3. The standard InChI is InChI=1S/C12H20F3NO3/c1-4-6(2)9-5-8(10(17)7(3)19-9)16-11(18)12(13,14)15/h6-10,17H,4-5H2,1-3H3,(H,16,18)/t6?,7-,8-,9+,10+/m0/s1. The predicted octanol–water partition coefficient (Wildman–Crippen LogP) is 1.62. The number of rotatable bonds is 3. The van der Waals surface area contributed by atoms with E-state index in [1.54, 1.807) is 6.92 Å². The molecule has 0 spiro atoms. The van der Waals surface area contributed by atoms with Gasteiger partial charge in [-0.15, -0.1) is 0 Å². The van der Waals surface area contributed by atoms with E-state index in [2.05, 4.69) is 0 Å². The van der Waals surface area contributed by atoms with Crippen molar-refractivity contribution in [3.05, 3.63) is 0 Å². The summed E-state index contributed by atoms with van der Waals surface area (Å²) in [6, 6.07) is -0.933. The first-order valence-corrected chi connectivity index (χ1v) is 6.38. The first-order valence-electron chi connectivity index (χ1n) is 6.38. The van der Waals surface area contributed by atoms with E-state index in [1.165, 1.54) is 0 Å². The lowest BCUT2D eigenvalue weighted by Crippen LogP contribution is -2.57. The second-order valence-corrected chi connectivity index (χ2v) is 5.07. The van der Waals surface area contributed by atoms with E-state index in [1.807, 2.05) is 19.2 Å². The Bertz CT molecular complexity index is 322. The number of halogens is 3. The van der Waals surface area contributed by atoms with Gasteiger partial charge in [0.25, 0.3) is 0 Å². The lowest BCUT2D eigenvalue weighted by Gasteiger charge is -2.40. The zero-order valence-electron chi connectivity index (χ0n) is 11.2. The molecule has 2 N–H and O–H groups in total. The molecule has 5 atom stereocenters. The van der Waals surface area contributed by atoms with Crippen molar-refractivity contribution in [2.45, 2.75) is 64.1 Å². The fraction of sp³-hybridized carbons (Fsp3) is 0.917. The van der Waals surface area contributed by atoms with Crippen LogP contribution in [0.4, 0.5) is 13.2 Å². The zero-order chi connectivity index (χ0) is 14.8. The molecule has 1 saturated heterocycles. The van der Waals surface area contributed by atoms with Crippen LogP contribution in [0.1, 0.15) is 33.6 Å². The average molecular weight is 283 g/mol. The van der Waals surface area contributed by atoms with Crippen LogP contribution < -0.4 is 5.32 Å². The number of ether oxygens (including phenoxy) is 1. The molecule has 1 unspecified atom stereocenters. The highest BCUT2D eigenvalue weighted by atomic mass is 19.4. The molecule has 1 rings (SSSR count). The third-order valence-corrected chi connectivity index (χ3v) is 3.62. The second kappa shape index (κ2) is 6.09. The molecule has 0 radical (unpaired) electrons. The average Bonchev–Trinajstić information content (AvgIpc) is 2.32. The van der Waals surface area contributed by atoms with Crippen LogP contribution in [0.2, 0.25) is 0 Å². The number of hydrogen-bond donors (Lipinski definition) is 2. The van der Waals surface area contributed by atoms with Crippen LogP contribution in [-0.4, -0.2) is 41.5 Å². The molecule has 1 heterocycles. The summed E-state index contributed by atoms with van der Waals surface area (Å²) in [5.74, 6) is -1.87. The minimum absolute atomic E-state index is 0.153. The molecule has 7 heteroatoms. The molecular weight excluding hydrogens is 263 g/mol. The minimum Gasteiger partial charge on any atom is -0.388 e. The Morgan fingerprint density at radius 3 is 2.58 bits per heavy atom. The molecule has 0 aliphatic carbocycles. The van der Waals surface area contributed by atoms with Gasteiger partial charge in [-0.3, -0.25) is 4.79 Å². The van der Waals surface area contributed by atoms with Gasteiger partial charge in [0.1, 0.15) is 6.10 Å². The van der Waals surface area contributed by atoms with Crippen LogP contribution in [0.25, 0.3) is 0 Å². The number of aliphatic hydroxyl groups is 1. The van der Waals surface area contributed by atoms with Crippen molar-refractivity contribution in [1.29, 1.82) is 0 Å². The summed E-state index contributed by atoms with van der Waals surface area (Å²) in [6.45, 7) is 5.47. The number of aliphatic hydroxyl groups excluding tert-OH is 1.